The maximum Gasteiger partial charge on any atom is 0.0154 e. The third-order valence-electron chi connectivity index (χ3n) is 3.15. The summed E-state index contributed by atoms with van der Waals surface area (Å²) in [4.78, 5) is 0. The van der Waals surface area contributed by atoms with Crippen LogP contribution in [0.15, 0.2) is 0 Å². The summed E-state index contributed by atoms with van der Waals surface area (Å²) >= 11 is 0. The van der Waals surface area contributed by atoms with Crippen molar-refractivity contribution in [3.8, 4) is 0 Å². The van der Waals surface area contributed by atoms with E-state index in [0.29, 0.717) is 0 Å². The van der Waals surface area contributed by atoms with Crippen LogP contribution >= 0.6 is 0 Å². The Hall–Kier alpha value is 0.177. The predicted molar refractivity (Wildman–Crippen MR) is 43.9 cm³/mol. The van der Waals surface area contributed by atoms with Gasteiger partial charge in [0.2, 0.25) is 0 Å². The van der Waals surface area contributed by atoms with Crippen molar-refractivity contribution in [3.63, 3.8) is 0 Å². The van der Waals surface area contributed by atoms with E-state index in [1.54, 1.807) is 0 Å². The van der Waals surface area contributed by atoms with E-state index in [9.17, 15) is 0 Å². The highest BCUT2D eigenvalue weighted by atomic mass is 28.1. The summed E-state index contributed by atoms with van der Waals surface area (Å²) in [5.74, 6) is 1.05. The zero-order chi connectivity index (χ0) is 6.32. The molecule has 2 bridgehead atoms. The van der Waals surface area contributed by atoms with Crippen LogP contribution in [0, 0.1) is 5.92 Å². The molecule has 3 aliphatic carbocycles. The van der Waals surface area contributed by atoms with Crippen LogP contribution in [0.1, 0.15) is 38.5 Å². The Morgan fingerprint density at radius 3 is 1.60 bits per heavy atom. The summed E-state index contributed by atoms with van der Waals surface area (Å²) in [6.45, 7) is 0. The fraction of sp³-hybridized carbons (Fsp3) is 1.00. The van der Waals surface area contributed by atoms with E-state index >= 15 is 0 Å². The molecular formula is C8H15NSi. The Morgan fingerprint density at radius 2 is 1.40 bits per heavy atom. The van der Waals surface area contributed by atoms with Gasteiger partial charge in [0.1, 0.15) is 0 Å². The molecule has 2 N–H and O–H groups in total. The maximum atomic E-state index is 6.10. The monoisotopic (exact) mass is 153 g/mol. The lowest BCUT2D eigenvalue weighted by Gasteiger charge is -2.43. The van der Waals surface area contributed by atoms with Gasteiger partial charge in [0.25, 0.3) is 0 Å². The van der Waals surface area contributed by atoms with Gasteiger partial charge in [0.15, 0.2) is 0 Å². The zero-order valence-corrected chi connectivity index (χ0v) is 7.40. The van der Waals surface area contributed by atoms with Crippen molar-refractivity contribution >= 4 is 11.0 Å². The van der Waals surface area contributed by atoms with Crippen molar-refractivity contribution in [2.24, 2.45) is 11.7 Å². The van der Waals surface area contributed by atoms with E-state index in [1.165, 1.54) is 38.5 Å². The Kier molecular flexibility index (Phi) is 2.20. The molecule has 3 aliphatic rings. The largest absolute Gasteiger partial charge is 0.325 e. The molecule has 56 valence electrons. The lowest BCUT2D eigenvalue weighted by molar-refractivity contribution is 0.141. The first-order valence-corrected chi connectivity index (χ1v) is 4.07. The highest BCUT2D eigenvalue weighted by Crippen LogP contribution is 2.42. The average Bonchev–Trinajstić information content (AvgIpc) is 1.90. The van der Waals surface area contributed by atoms with Crippen molar-refractivity contribution in [2.45, 2.75) is 44.1 Å². The quantitative estimate of drug-likeness (QED) is 0.521. The summed E-state index contributed by atoms with van der Waals surface area (Å²) in [6, 6.07) is 0. The lowest BCUT2D eigenvalue weighted by atomic mass is 9.66. The van der Waals surface area contributed by atoms with Gasteiger partial charge < -0.3 is 5.73 Å². The van der Waals surface area contributed by atoms with Crippen LogP contribution < -0.4 is 5.73 Å². The molecule has 0 spiro atoms. The molecule has 1 nitrogen and oxygen atoms in total. The van der Waals surface area contributed by atoms with Gasteiger partial charge in [-0.25, -0.2) is 0 Å². The fourth-order valence-electron chi connectivity index (χ4n) is 2.28. The molecule has 2 heteroatoms. The Morgan fingerprint density at radius 1 is 1.00 bits per heavy atom. The highest BCUT2D eigenvalue weighted by Gasteiger charge is 2.36. The minimum absolute atomic E-state index is 0. The number of hydrogen-bond donors (Lipinski definition) is 1. The van der Waals surface area contributed by atoms with Crippen molar-refractivity contribution < 1.29 is 0 Å². The lowest BCUT2D eigenvalue weighted by Crippen LogP contribution is -2.47. The SMILES string of the molecule is NC12CCC(CC1)CC2.[Si]. The molecule has 0 atom stereocenters. The van der Waals surface area contributed by atoms with E-state index in [4.69, 9.17) is 5.73 Å². The van der Waals surface area contributed by atoms with Crippen LogP contribution in [-0.2, 0) is 0 Å². The summed E-state index contributed by atoms with van der Waals surface area (Å²) in [5, 5.41) is 0. The highest BCUT2D eigenvalue weighted by molar-refractivity contribution is 5.75. The second-order valence-corrected chi connectivity index (χ2v) is 3.84. The van der Waals surface area contributed by atoms with Crippen molar-refractivity contribution in [2.75, 3.05) is 0 Å². The van der Waals surface area contributed by atoms with Crippen molar-refractivity contribution in [3.05, 3.63) is 0 Å². The van der Waals surface area contributed by atoms with Gasteiger partial charge in [0, 0.05) is 16.5 Å². The van der Waals surface area contributed by atoms with E-state index < -0.39 is 0 Å². The molecule has 0 aromatic carbocycles. The van der Waals surface area contributed by atoms with Crippen LogP contribution in [0.2, 0.25) is 0 Å². The summed E-state index contributed by atoms with van der Waals surface area (Å²) in [6.07, 6.45) is 8.15. The summed E-state index contributed by atoms with van der Waals surface area (Å²) in [7, 11) is 0. The maximum absolute atomic E-state index is 6.10. The Bertz CT molecular complexity index is 103. The number of nitrogens with two attached hydrogens (primary N) is 1. The molecule has 0 aromatic heterocycles. The van der Waals surface area contributed by atoms with E-state index in [1.807, 2.05) is 0 Å². The first-order chi connectivity index (χ1) is 4.29. The first-order valence-electron chi connectivity index (χ1n) is 4.07. The van der Waals surface area contributed by atoms with Crippen LogP contribution in [0.25, 0.3) is 0 Å². The van der Waals surface area contributed by atoms with Gasteiger partial charge in [-0.15, -0.1) is 0 Å². The molecule has 0 aliphatic heterocycles. The normalized spacial score (nSPS) is 44.7. The van der Waals surface area contributed by atoms with Gasteiger partial charge >= 0.3 is 0 Å². The molecule has 0 saturated heterocycles. The average molecular weight is 153 g/mol. The molecule has 3 saturated carbocycles. The smallest absolute Gasteiger partial charge is 0.0154 e. The minimum atomic E-state index is 0. The molecular weight excluding hydrogens is 138 g/mol. The van der Waals surface area contributed by atoms with Crippen LogP contribution in [-0.4, -0.2) is 16.5 Å². The van der Waals surface area contributed by atoms with Gasteiger partial charge in [-0.05, 0) is 44.4 Å². The molecule has 3 fully saturated rings. The molecule has 0 aromatic rings. The molecule has 4 radical (unpaired) electrons. The van der Waals surface area contributed by atoms with Crippen LogP contribution in [0.5, 0.6) is 0 Å². The predicted octanol–water partition coefficient (Wildman–Crippen LogP) is 1.29. The second-order valence-electron chi connectivity index (χ2n) is 3.84. The molecule has 10 heavy (non-hydrogen) atoms. The molecule has 3 rings (SSSR count). The Labute approximate surface area is 67.4 Å². The standard InChI is InChI=1S/C8H15N.Si/c9-8-4-1-7(2-5-8)3-6-8;/h7H,1-6,9H2;. The number of fused-ring (bicyclic) bond motifs is 3. The van der Waals surface area contributed by atoms with Crippen molar-refractivity contribution in [1.82, 2.24) is 0 Å². The van der Waals surface area contributed by atoms with Gasteiger partial charge in [-0.3, -0.25) is 0 Å². The third kappa shape index (κ3) is 1.27. The van der Waals surface area contributed by atoms with Gasteiger partial charge in [0.05, 0.1) is 0 Å². The number of hydrogen-bond acceptors (Lipinski definition) is 1. The topological polar surface area (TPSA) is 26.0 Å². The summed E-state index contributed by atoms with van der Waals surface area (Å²) in [5.41, 5.74) is 6.38. The van der Waals surface area contributed by atoms with E-state index in [-0.39, 0.29) is 16.5 Å². The number of rotatable bonds is 0. The van der Waals surface area contributed by atoms with Crippen molar-refractivity contribution in [1.29, 1.82) is 0 Å². The third-order valence-corrected chi connectivity index (χ3v) is 3.15. The van der Waals surface area contributed by atoms with E-state index in [2.05, 4.69) is 0 Å². The minimum Gasteiger partial charge on any atom is -0.325 e. The van der Waals surface area contributed by atoms with Crippen LogP contribution in [0.3, 0.4) is 0 Å². The van der Waals surface area contributed by atoms with Gasteiger partial charge in [-0.1, -0.05) is 0 Å². The Balaban J connectivity index is 0.000000500. The van der Waals surface area contributed by atoms with Crippen LogP contribution in [0.4, 0.5) is 0 Å². The van der Waals surface area contributed by atoms with Gasteiger partial charge in [-0.2, -0.15) is 0 Å². The molecule has 0 unspecified atom stereocenters. The summed E-state index contributed by atoms with van der Waals surface area (Å²) < 4.78 is 0. The second kappa shape index (κ2) is 2.66. The van der Waals surface area contributed by atoms with E-state index in [0.717, 1.165) is 5.92 Å². The fourth-order valence-corrected chi connectivity index (χ4v) is 2.28. The first kappa shape index (κ1) is 8.28. The molecule has 0 heterocycles. The molecule has 0 amide bonds. The zero-order valence-electron chi connectivity index (χ0n) is 6.40.